The van der Waals surface area contributed by atoms with Crippen molar-refractivity contribution in [2.75, 3.05) is 13.2 Å². The Morgan fingerprint density at radius 3 is 2.54 bits per heavy atom. The first-order chi connectivity index (χ1) is 11.8. The lowest BCUT2D eigenvalue weighted by Gasteiger charge is -2.12. The zero-order chi connectivity index (χ0) is 16.5. The molecule has 0 amide bonds. The number of aromatic hydroxyl groups is 1. The number of ether oxygens (including phenoxy) is 2. The molecule has 1 saturated heterocycles. The van der Waals surface area contributed by atoms with Gasteiger partial charge in [-0.3, -0.25) is 0 Å². The van der Waals surface area contributed by atoms with Crippen LogP contribution in [0.2, 0.25) is 0 Å². The van der Waals surface area contributed by atoms with Gasteiger partial charge in [-0.1, -0.05) is 36.4 Å². The van der Waals surface area contributed by atoms with Crippen LogP contribution in [-0.4, -0.2) is 29.2 Å². The van der Waals surface area contributed by atoms with E-state index in [-0.39, 0.29) is 11.6 Å². The molecule has 3 aromatic rings. The van der Waals surface area contributed by atoms with Crippen LogP contribution in [0, 0.1) is 4.91 Å². The molecule has 24 heavy (non-hydrogen) atoms. The summed E-state index contributed by atoms with van der Waals surface area (Å²) >= 11 is 0. The molecule has 122 valence electrons. The third-order valence-electron chi connectivity index (χ3n) is 4.23. The molecule has 2 heterocycles. The van der Waals surface area contributed by atoms with E-state index in [4.69, 9.17) is 9.47 Å². The van der Waals surface area contributed by atoms with E-state index >= 15 is 0 Å². The fraction of sp³-hybridized carbons (Fsp3) is 0.222. The van der Waals surface area contributed by atoms with E-state index in [1.54, 1.807) is 10.6 Å². The molecule has 0 atom stereocenters. The third kappa shape index (κ3) is 2.46. The number of aromatic nitrogens is 1. The highest BCUT2D eigenvalue weighted by atomic mass is 16.7. The van der Waals surface area contributed by atoms with Gasteiger partial charge in [0.05, 0.1) is 25.3 Å². The number of nitroso groups, excluding NO2 is 1. The molecule has 1 aromatic heterocycles. The van der Waals surface area contributed by atoms with Crippen molar-refractivity contribution in [2.45, 2.75) is 12.8 Å². The number of hydrogen-bond donors (Lipinski definition) is 1. The zero-order valence-corrected chi connectivity index (χ0v) is 12.9. The molecule has 0 bridgehead atoms. The predicted molar refractivity (Wildman–Crippen MR) is 90.2 cm³/mol. The van der Waals surface area contributed by atoms with E-state index in [2.05, 4.69) is 5.18 Å². The maximum absolute atomic E-state index is 11.2. The molecule has 6 heteroatoms. The van der Waals surface area contributed by atoms with Gasteiger partial charge in [-0.25, -0.2) is 0 Å². The molecule has 0 unspecified atom stereocenters. The summed E-state index contributed by atoms with van der Waals surface area (Å²) in [5.74, 6) is -0.163. The molecule has 1 aliphatic rings. The molecule has 2 aromatic carbocycles. The van der Waals surface area contributed by atoms with Crippen LogP contribution in [0.5, 0.6) is 5.88 Å². The van der Waals surface area contributed by atoms with Gasteiger partial charge >= 0.3 is 0 Å². The Bertz CT molecular complexity index is 883. The normalized spacial score (nSPS) is 15.2. The Hall–Kier alpha value is -2.70. The Morgan fingerprint density at radius 1 is 1.08 bits per heavy atom. The van der Waals surface area contributed by atoms with E-state index in [1.807, 2.05) is 42.5 Å². The van der Waals surface area contributed by atoms with Gasteiger partial charge in [0.1, 0.15) is 0 Å². The minimum atomic E-state index is -0.439. The van der Waals surface area contributed by atoms with Gasteiger partial charge in [0, 0.05) is 5.39 Å². The van der Waals surface area contributed by atoms with Gasteiger partial charge in [0.2, 0.25) is 5.88 Å². The molecule has 0 radical (unpaired) electrons. The van der Waals surface area contributed by atoms with Crippen molar-refractivity contribution in [3.8, 4) is 17.0 Å². The van der Waals surface area contributed by atoms with Gasteiger partial charge < -0.3 is 19.1 Å². The van der Waals surface area contributed by atoms with Crippen molar-refractivity contribution >= 4 is 16.6 Å². The second-order valence-electron chi connectivity index (χ2n) is 5.64. The zero-order valence-electron chi connectivity index (χ0n) is 12.9. The average Bonchev–Trinajstić information content (AvgIpc) is 3.23. The van der Waals surface area contributed by atoms with Crippen LogP contribution in [0.1, 0.15) is 0 Å². The molecule has 1 aliphatic heterocycles. The summed E-state index contributed by atoms with van der Waals surface area (Å²) in [5.41, 5.74) is 2.82. The summed E-state index contributed by atoms with van der Waals surface area (Å²) in [6, 6.07) is 15.6. The van der Waals surface area contributed by atoms with Crippen LogP contribution < -0.4 is 0 Å². The Labute approximate surface area is 138 Å². The van der Waals surface area contributed by atoms with Crippen LogP contribution in [0.25, 0.3) is 22.0 Å². The monoisotopic (exact) mass is 324 g/mol. The fourth-order valence-corrected chi connectivity index (χ4v) is 3.06. The first-order valence-corrected chi connectivity index (χ1v) is 7.75. The molecule has 0 saturated carbocycles. The summed E-state index contributed by atoms with van der Waals surface area (Å²) in [7, 11) is 0. The molecule has 0 aliphatic carbocycles. The number of hydrogen-bond acceptors (Lipinski definition) is 5. The van der Waals surface area contributed by atoms with Gasteiger partial charge in [0.25, 0.3) is 0 Å². The summed E-state index contributed by atoms with van der Waals surface area (Å²) in [6.07, 6.45) is -0.439. The Balaban J connectivity index is 1.85. The maximum Gasteiger partial charge on any atom is 0.222 e. The summed E-state index contributed by atoms with van der Waals surface area (Å²) < 4.78 is 12.5. The van der Waals surface area contributed by atoms with Gasteiger partial charge in [0.15, 0.2) is 12.0 Å². The average molecular weight is 324 g/mol. The molecular formula is C18H16N2O4. The Kier molecular flexibility index (Phi) is 3.76. The molecule has 1 N–H and O–H groups in total. The van der Waals surface area contributed by atoms with Crippen LogP contribution in [-0.2, 0) is 16.0 Å². The van der Waals surface area contributed by atoms with E-state index in [0.717, 1.165) is 16.6 Å². The highest BCUT2D eigenvalue weighted by Crippen LogP contribution is 2.40. The molecule has 0 spiro atoms. The van der Waals surface area contributed by atoms with E-state index in [1.165, 1.54) is 0 Å². The van der Waals surface area contributed by atoms with Crippen LogP contribution in [0.3, 0.4) is 0 Å². The lowest BCUT2D eigenvalue weighted by Crippen LogP contribution is -2.16. The van der Waals surface area contributed by atoms with E-state index in [0.29, 0.717) is 25.1 Å². The van der Waals surface area contributed by atoms with Gasteiger partial charge in [-0.15, -0.1) is 4.91 Å². The van der Waals surface area contributed by atoms with Crippen molar-refractivity contribution in [3.63, 3.8) is 0 Å². The predicted octanol–water partition coefficient (Wildman–Crippen LogP) is 3.78. The van der Waals surface area contributed by atoms with Crippen molar-refractivity contribution < 1.29 is 14.6 Å². The molecule has 4 rings (SSSR count). The lowest BCUT2D eigenvalue weighted by atomic mass is 10.0. The highest BCUT2D eigenvalue weighted by Gasteiger charge is 2.23. The Morgan fingerprint density at radius 2 is 1.83 bits per heavy atom. The first kappa shape index (κ1) is 14.9. The lowest BCUT2D eigenvalue weighted by molar-refractivity contribution is -0.0526. The van der Waals surface area contributed by atoms with E-state index in [9.17, 15) is 10.0 Å². The molecular weight excluding hydrogens is 308 g/mol. The topological polar surface area (TPSA) is 73.0 Å². The van der Waals surface area contributed by atoms with Crippen molar-refractivity contribution in [1.29, 1.82) is 0 Å². The number of nitrogens with zero attached hydrogens (tertiary/aromatic N) is 2. The number of fused-ring (bicyclic) bond motifs is 1. The quantitative estimate of drug-likeness (QED) is 0.741. The SMILES string of the molecule is O=Nc1c(O)n(CC2OCCO2)c2cc(-c3ccccc3)ccc12. The smallest absolute Gasteiger partial charge is 0.222 e. The second kappa shape index (κ2) is 6.07. The second-order valence-corrected chi connectivity index (χ2v) is 5.64. The third-order valence-corrected chi connectivity index (χ3v) is 4.23. The largest absolute Gasteiger partial charge is 0.493 e. The summed E-state index contributed by atoms with van der Waals surface area (Å²) in [4.78, 5) is 11.2. The van der Waals surface area contributed by atoms with E-state index < -0.39 is 6.29 Å². The molecule has 6 nitrogen and oxygen atoms in total. The van der Waals surface area contributed by atoms with Crippen LogP contribution >= 0.6 is 0 Å². The minimum Gasteiger partial charge on any atom is -0.493 e. The standard InChI is InChI=1S/C18H16N2O4/c21-18-17(19-22)14-7-6-13(12-4-2-1-3-5-12)10-15(14)20(18)11-16-23-8-9-24-16/h1-7,10,16,21H,8-9,11H2. The first-order valence-electron chi connectivity index (χ1n) is 7.75. The summed E-state index contributed by atoms with van der Waals surface area (Å²) in [5, 5.41) is 14.0. The number of benzene rings is 2. The van der Waals surface area contributed by atoms with Gasteiger partial charge in [-0.05, 0) is 28.4 Å². The summed E-state index contributed by atoms with van der Waals surface area (Å²) in [6.45, 7) is 1.35. The van der Waals surface area contributed by atoms with Crippen molar-refractivity contribution in [1.82, 2.24) is 4.57 Å². The number of rotatable bonds is 4. The minimum absolute atomic E-state index is 0.0441. The highest BCUT2D eigenvalue weighted by molar-refractivity contribution is 5.97. The maximum atomic E-state index is 11.2. The van der Waals surface area contributed by atoms with Gasteiger partial charge in [-0.2, -0.15) is 0 Å². The molecule has 1 fully saturated rings. The van der Waals surface area contributed by atoms with Crippen LogP contribution in [0.15, 0.2) is 53.7 Å². The van der Waals surface area contributed by atoms with Crippen molar-refractivity contribution in [3.05, 3.63) is 53.4 Å². The van der Waals surface area contributed by atoms with Crippen LogP contribution in [0.4, 0.5) is 5.69 Å². The fourth-order valence-electron chi connectivity index (χ4n) is 3.06. The van der Waals surface area contributed by atoms with Crippen molar-refractivity contribution in [2.24, 2.45) is 5.18 Å².